The first kappa shape index (κ1) is 13.9. The third-order valence-corrected chi connectivity index (χ3v) is 3.54. The Kier molecular flexibility index (Phi) is 5.35. The van der Waals surface area contributed by atoms with Gasteiger partial charge in [0.2, 0.25) is 5.91 Å². The second-order valence-electron chi connectivity index (χ2n) is 4.16. The number of aromatic hydroxyl groups is 1. The molecule has 0 heterocycles. The average Bonchev–Trinajstić information content (AvgIpc) is 2.28. The van der Waals surface area contributed by atoms with E-state index in [0.29, 0.717) is 6.42 Å². The van der Waals surface area contributed by atoms with Crippen LogP contribution in [0.4, 0.5) is 0 Å². The quantitative estimate of drug-likeness (QED) is 0.874. The Bertz CT molecular complexity index is 381. The first-order chi connectivity index (χ1) is 8.04. The van der Waals surface area contributed by atoms with Crippen LogP contribution in [0.2, 0.25) is 0 Å². The third-order valence-electron chi connectivity index (χ3n) is 2.73. The molecule has 17 heavy (non-hydrogen) atoms. The fourth-order valence-corrected chi connectivity index (χ4v) is 2.27. The second-order valence-corrected chi connectivity index (χ2v) is 5.07. The summed E-state index contributed by atoms with van der Waals surface area (Å²) >= 11 is 1.73. The average molecular weight is 253 g/mol. The predicted octanol–water partition coefficient (Wildman–Crippen LogP) is 2.14. The van der Waals surface area contributed by atoms with Crippen molar-refractivity contribution in [3.63, 3.8) is 0 Å². The molecule has 1 unspecified atom stereocenters. The molecule has 0 aliphatic heterocycles. The summed E-state index contributed by atoms with van der Waals surface area (Å²) in [6.45, 7) is 2.04. The minimum atomic E-state index is 0.0807. The van der Waals surface area contributed by atoms with Crippen molar-refractivity contribution in [1.29, 1.82) is 0 Å². The Morgan fingerprint density at radius 2 is 2.24 bits per heavy atom. The van der Waals surface area contributed by atoms with Gasteiger partial charge in [-0.25, -0.2) is 0 Å². The minimum absolute atomic E-state index is 0.0807. The second kappa shape index (κ2) is 6.55. The molecule has 0 aliphatic rings. The lowest BCUT2D eigenvalue weighted by Gasteiger charge is -2.24. The van der Waals surface area contributed by atoms with Crippen molar-refractivity contribution in [2.24, 2.45) is 0 Å². The van der Waals surface area contributed by atoms with Gasteiger partial charge in [-0.2, -0.15) is 11.8 Å². The van der Waals surface area contributed by atoms with E-state index in [2.05, 4.69) is 0 Å². The molecule has 0 aromatic heterocycles. The number of rotatable bonds is 5. The van der Waals surface area contributed by atoms with E-state index in [9.17, 15) is 9.90 Å². The summed E-state index contributed by atoms with van der Waals surface area (Å²) in [7, 11) is 1.83. The summed E-state index contributed by atoms with van der Waals surface area (Å²) in [6, 6.07) is 7.07. The Morgan fingerprint density at radius 1 is 1.53 bits per heavy atom. The molecule has 3 nitrogen and oxygen atoms in total. The first-order valence-electron chi connectivity index (χ1n) is 5.57. The van der Waals surface area contributed by atoms with Crippen LogP contribution in [0.25, 0.3) is 0 Å². The Hall–Kier alpha value is -1.16. The molecule has 0 spiro atoms. The van der Waals surface area contributed by atoms with Gasteiger partial charge in [0.15, 0.2) is 0 Å². The highest BCUT2D eigenvalue weighted by Crippen LogP contribution is 2.13. The van der Waals surface area contributed by atoms with E-state index in [1.165, 1.54) is 0 Å². The monoisotopic (exact) mass is 253 g/mol. The molecule has 1 N–H and O–H groups in total. The SMILES string of the molecule is CSCC(C)N(C)C(=O)Cc1cccc(O)c1. The van der Waals surface area contributed by atoms with Crippen molar-refractivity contribution in [2.75, 3.05) is 19.1 Å². The molecule has 0 saturated heterocycles. The highest BCUT2D eigenvalue weighted by atomic mass is 32.2. The fraction of sp³-hybridized carbons (Fsp3) is 0.462. The standard InChI is InChI=1S/C13H19NO2S/c1-10(9-17-3)14(2)13(16)8-11-5-4-6-12(15)7-11/h4-7,10,15H,8-9H2,1-3H3. The van der Waals surface area contributed by atoms with Gasteiger partial charge in [-0.15, -0.1) is 0 Å². The van der Waals surface area contributed by atoms with Gasteiger partial charge in [-0.1, -0.05) is 12.1 Å². The number of benzene rings is 1. The van der Waals surface area contributed by atoms with Crippen LogP contribution in [0.15, 0.2) is 24.3 Å². The van der Waals surface area contributed by atoms with E-state index >= 15 is 0 Å². The maximum Gasteiger partial charge on any atom is 0.227 e. The number of hydrogen-bond donors (Lipinski definition) is 1. The zero-order valence-corrected chi connectivity index (χ0v) is 11.3. The Labute approximate surface area is 107 Å². The van der Waals surface area contributed by atoms with E-state index in [0.717, 1.165) is 11.3 Å². The number of amides is 1. The number of nitrogens with zero attached hydrogens (tertiary/aromatic N) is 1. The molecule has 1 aromatic rings. The lowest BCUT2D eigenvalue weighted by Crippen LogP contribution is -2.37. The fourth-order valence-electron chi connectivity index (χ4n) is 1.56. The van der Waals surface area contributed by atoms with Crippen LogP contribution in [0.5, 0.6) is 5.75 Å². The molecule has 0 fully saturated rings. The van der Waals surface area contributed by atoms with Gasteiger partial charge in [0, 0.05) is 18.8 Å². The molecule has 1 amide bonds. The van der Waals surface area contributed by atoms with E-state index in [4.69, 9.17) is 0 Å². The molecule has 0 bridgehead atoms. The maximum atomic E-state index is 12.0. The van der Waals surface area contributed by atoms with Crippen molar-refractivity contribution < 1.29 is 9.90 Å². The zero-order chi connectivity index (χ0) is 12.8. The highest BCUT2D eigenvalue weighted by molar-refractivity contribution is 7.98. The van der Waals surface area contributed by atoms with Gasteiger partial charge in [-0.3, -0.25) is 4.79 Å². The molecule has 1 atom stereocenters. The summed E-state index contributed by atoms with van der Waals surface area (Å²) in [4.78, 5) is 13.7. The van der Waals surface area contributed by atoms with Crippen molar-refractivity contribution in [1.82, 2.24) is 4.90 Å². The molecular weight excluding hydrogens is 234 g/mol. The first-order valence-corrected chi connectivity index (χ1v) is 6.96. The van der Waals surface area contributed by atoms with Gasteiger partial charge >= 0.3 is 0 Å². The Morgan fingerprint density at radius 3 is 2.82 bits per heavy atom. The zero-order valence-electron chi connectivity index (χ0n) is 10.5. The van der Waals surface area contributed by atoms with Gasteiger partial charge in [-0.05, 0) is 30.9 Å². The summed E-state index contributed by atoms with van der Waals surface area (Å²) in [5.41, 5.74) is 0.846. The van der Waals surface area contributed by atoms with Crippen LogP contribution in [-0.4, -0.2) is 41.0 Å². The number of hydrogen-bond acceptors (Lipinski definition) is 3. The van der Waals surface area contributed by atoms with Crippen LogP contribution in [0.3, 0.4) is 0 Å². The number of carbonyl (C=O) groups is 1. The number of phenolic OH excluding ortho intramolecular Hbond substituents is 1. The van der Waals surface area contributed by atoms with Crippen LogP contribution < -0.4 is 0 Å². The topological polar surface area (TPSA) is 40.5 Å². The molecule has 0 aliphatic carbocycles. The van der Waals surface area contributed by atoms with Crippen LogP contribution >= 0.6 is 11.8 Å². The van der Waals surface area contributed by atoms with Crippen molar-refractivity contribution in [3.8, 4) is 5.75 Å². The van der Waals surface area contributed by atoms with E-state index in [1.807, 2.05) is 26.3 Å². The molecule has 1 aromatic carbocycles. The van der Waals surface area contributed by atoms with Gasteiger partial charge in [0.25, 0.3) is 0 Å². The third kappa shape index (κ3) is 4.30. The molecule has 1 rings (SSSR count). The van der Waals surface area contributed by atoms with Crippen molar-refractivity contribution in [2.45, 2.75) is 19.4 Å². The normalized spacial score (nSPS) is 12.2. The minimum Gasteiger partial charge on any atom is -0.508 e. The lowest BCUT2D eigenvalue weighted by molar-refractivity contribution is -0.130. The van der Waals surface area contributed by atoms with Crippen molar-refractivity contribution in [3.05, 3.63) is 29.8 Å². The lowest BCUT2D eigenvalue weighted by atomic mass is 10.1. The van der Waals surface area contributed by atoms with Gasteiger partial charge in [0.1, 0.15) is 5.75 Å². The summed E-state index contributed by atoms with van der Waals surface area (Å²) < 4.78 is 0. The number of likely N-dealkylation sites (N-methyl/N-ethyl adjacent to an activating group) is 1. The largest absolute Gasteiger partial charge is 0.508 e. The molecular formula is C13H19NO2S. The summed E-state index contributed by atoms with van der Waals surface area (Å²) in [5, 5.41) is 9.33. The molecule has 94 valence electrons. The predicted molar refractivity (Wildman–Crippen MR) is 72.4 cm³/mol. The van der Waals surface area contributed by atoms with Crippen LogP contribution in [0.1, 0.15) is 12.5 Å². The summed E-state index contributed by atoms with van der Waals surface area (Å²) in [6.07, 6.45) is 2.37. The smallest absolute Gasteiger partial charge is 0.227 e. The van der Waals surface area contributed by atoms with Crippen LogP contribution in [-0.2, 0) is 11.2 Å². The van der Waals surface area contributed by atoms with E-state index < -0.39 is 0 Å². The number of phenols is 1. The molecule has 0 saturated carbocycles. The van der Waals surface area contributed by atoms with Gasteiger partial charge < -0.3 is 10.0 Å². The number of thioether (sulfide) groups is 1. The van der Waals surface area contributed by atoms with Crippen molar-refractivity contribution >= 4 is 17.7 Å². The molecule has 0 radical (unpaired) electrons. The van der Waals surface area contributed by atoms with E-state index in [1.54, 1.807) is 34.9 Å². The molecule has 4 heteroatoms. The Balaban J connectivity index is 2.60. The van der Waals surface area contributed by atoms with E-state index in [-0.39, 0.29) is 17.7 Å². The summed E-state index contributed by atoms with van der Waals surface area (Å²) in [5.74, 6) is 1.22. The van der Waals surface area contributed by atoms with Crippen LogP contribution in [0, 0.1) is 0 Å². The van der Waals surface area contributed by atoms with Gasteiger partial charge in [0.05, 0.1) is 6.42 Å². The number of carbonyl (C=O) groups excluding carboxylic acids is 1. The maximum absolute atomic E-state index is 12.0. The highest BCUT2D eigenvalue weighted by Gasteiger charge is 2.15.